The molecule has 3 rings (SSSR count). The Bertz CT molecular complexity index is 1170. The average molecular weight is 463 g/mol. The van der Waals surface area contributed by atoms with Gasteiger partial charge in [-0.2, -0.15) is 0 Å². The maximum atomic E-state index is 13.3. The standard InChI is InChI=1S/C22H20F2N2O3S2/c1-15(31(28,29)17-6-3-2-4-7-17)14-30-22-18(8-5-11-25-22)21(27)26-13-16-9-10-19(23)20(24)12-16/h2-12,15H,13-14H2,1H3,(H,26,27). The molecule has 1 N–H and O–H groups in total. The monoisotopic (exact) mass is 462 g/mol. The molecule has 1 atom stereocenters. The lowest BCUT2D eigenvalue weighted by molar-refractivity contribution is 0.0947. The second-order valence-corrected chi connectivity index (χ2v) is 10.1. The molecule has 0 bridgehead atoms. The third-order valence-corrected chi connectivity index (χ3v) is 8.14. The first-order valence-electron chi connectivity index (χ1n) is 9.38. The van der Waals surface area contributed by atoms with Crippen molar-refractivity contribution in [3.8, 4) is 0 Å². The maximum absolute atomic E-state index is 13.3. The molecule has 5 nitrogen and oxygen atoms in total. The number of benzene rings is 2. The molecule has 0 fully saturated rings. The number of pyridine rings is 1. The number of rotatable bonds is 8. The van der Waals surface area contributed by atoms with Gasteiger partial charge in [-0.15, -0.1) is 11.8 Å². The number of halogens is 2. The fourth-order valence-corrected chi connectivity index (χ4v) is 5.50. The number of carbonyl (C=O) groups excluding carboxylic acids is 1. The summed E-state index contributed by atoms with van der Waals surface area (Å²) >= 11 is 1.17. The van der Waals surface area contributed by atoms with Crippen molar-refractivity contribution in [3.05, 3.63) is 89.6 Å². The lowest BCUT2D eigenvalue weighted by Crippen LogP contribution is -2.24. The Morgan fingerprint density at radius 1 is 1.06 bits per heavy atom. The number of carbonyl (C=O) groups is 1. The van der Waals surface area contributed by atoms with E-state index in [2.05, 4.69) is 10.3 Å². The van der Waals surface area contributed by atoms with E-state index in [1.165, 1.54) is 24.0 Å². The lowest BCUT2D eigenvalue weighted by atomic mass is 10.2. The molecule has 0 aliphatic rings. The molecule has 1 heterocycles. The first-order chi connectivity index (χ1) is 14.8. The largest absolute Gasteiger partial charge is 0.348 e. The molecule has 0 radical (unpaired) electrons. The van der Waals surface area contributed by atoms with Crippen LogP contribution in [-0.4, -0.2) is 30.3 Å². The summed E-state index contributed by atoms with van der Waals surface area (Å²) in [5.74, 6) is -2.19. The van der Waals surface area contributed by atoms with E-state index in [1.54, 1.807) is 49.4 Å². The van der Waals surface area contributed by atoms with Crippen LogP contribution < -0.4 is 5.32 Å². The van der Waals surface area contributed by atoms with Gasteiger partial charge in [-0.05, 0) is 48.9 Å². The summed E-state index contributed by atoms with van der Waals surface area (Å²) < 4.78 is 51.8. The maximum Gasteiger partial charge on any atom is 0.254 e. The minimum atomic E-state index is -3.51. The summed E-state index contributed by atoms with van der Waals surface area (Å²) in [6.45, 7) is 1.62. The van der Waals surface area contributed by atoms with Crippen LogP contribution in [-0.2, 0) is 16.4 Å². The summed E-state index contributed by atoms with van der Waals surface area (Å²) in [5, 5.41) is 2.34. The molecule has 0 saturated carbocycles. The molecular weight excluding hydrogens is 442 g/mol. The fourth-order valence-electron chi connectivity index (χ4n) is 2.73. The molecular formula is C22H20F2N2O3S2. The molecule has 1 amide bonds. The van der Waals surface area contributed by atoms with Gasteiger partial charge in [0.1, 0.15) is 5.03 Å². The quantitative estimate of drug-likeness (QED) is 0.507. The summed E-state index contributed by atoms with van der Waals surface area (Å²) in [7, 11) is -3.51. The van der Waals surface area contributed by atoms with Crippen LogP contribution in [0.15, 0.2) is 76.8 Å². The van der Waals surface area contributed by atoms with Crippen LogP contribution in [0.25, 0.3) is 0 Å². The van der Waals surface area contributed by atoms with Crippen molar-refractivity contribution in [1.82, 2.24) is 10.3 Å². The van der Waals surface area contributed by atoms with Crippen LogP contribution >= 0.6 is 11.8 Å². The highest BCUT2D eigenvalue weighted by Crippen LogP contribution is 2.25. The van der Waals surface area contributed by atoms with Crippen LogP contribution in [0.5, 0.6) is 0 Å². The molecule has 2 aromatic carbocycles. The van der Waals surface area contributed by atoms with Gasteiger partial charge in [-0.1, -0.05) is 24.3 Å². The summed E-state index contributed by atoms with van der Waals surface area (Å²) in [6, 6.07) is 14.8. The molecule has 0 spiro atoms. The van der Waals surface area contributed by atoms with E-state index in [0.717, 1.165) is 12.1 Å². The molecule has 0 saturated heterocycles. The minimum Gasteiger partial charge on any atom is -0.348 e. The lowest BCUT2D eigenvalue weighted by Gasteiger charge is -2.14. The molecule has 31 heavy (non-hydrogen) atoms. The van der Waals surface area contributed by atoms with Crippen LogP contribution in [0.4, 0.5) is 8.78 Å². The zero-order valence-electron chi connectivity index (χ0n) is 16.6. The van der Waals surface area contributed by atoms with Crippen LogP contribution in [0, 0.1) is 11.6 Å². The van der Waals surface area contributed by atoms with Gasteiger partial charge in [0.25, 0.3) is 5.91 Å². The molecule has 1 unspecified atom stereocenters. The summed E-state index contributed by atoms with van der Waals surface area (Å²) in [5.41, 5.74) is 0.687. The summed E-state index contributed by atoms with van der Waals surface area (Å²) in [6.07, 6.45) is 1.52. The van der Waals surface area contributed by atoms with Crippen molar-refractivity contribution in [1.29, 1.82) is 0 Å². The topological polar surface area (TPSA) is 76.1 Å². The van der Waals surface area contributed by atoms with Crippen LogP contribution in [0.1, 0.15) is 22.8 Å². The van der Waals surface area contributed by atoms with Gasteiger partial charge in [-0.3, -0.25) is 4.79 Å². The van der Waals surface area contributed by atoms with Gasteiger partial charge in [-0.25, -0.2) is 22.2 Å². The normalized spacial score (nSPS) is 12.4. The zero-order valence-corrected chi connectivity index (χ0v) is 18.2. The van der Waals surface area contributed by atoms with E-state index in [-0.39, 0.29) is 22.8 Å². The van der Waals surface area contributed by atoms with Crippen molar-refractivity contribution in [3.63, 3.8) is 0 Å². The van der Waals surface area contributed by atoms with E-state index < -0.39 is 32.6 Å². The third kappa shape index (κ3) is 5.68. The van der Waals surface area contributed by atoms with E-state index in [0.29, 0.717) is 10.6 Å². The number of sulfone groups is 1. The number of thioether (sulfide) groups is 1. The van der Waals surface area contributed by atoms with E-state index in [9.17, 15) is 22.0 Å². The fraction of sp³-hybridized carbons (Fsp3) is 0.182. The summed E-state index contributed by atoms with van der Waals surface area (Å²) in [4.78, 5) is 17.1. The molecule has 1 aromatic heterocycles. The van der Waals surface area contributed by atoms with Gasteiger partial charge >= 0.3 is 0 Å². The minimum absolute atomic E-state index is 0.00776. The molecule has 9 heteroatoms. The number of amides is 1. The van der Waals surface area contributed by atoms with Gasteiger partial charge in [0.15, 0.2) is 21.5 Å². The first-order valence-corrected chi connectivity index (χ1v) is 11.9. The van der Waals surface area contributed by atoms with Crippen molar-refractivity contribution >= 4 is 27.5 Å². The first kappa shape index (κ1) is 22.9. The second-order valence-electron chi connectivity index (χ2n) is 6.77. The Kier molecular flexibility index (Phi) is 7.40. The predicted octanol–water partition coefficient (Wildman–Crippen LogP) is 4.24. The SMILES string of the molecule is CC(CSc1ncccc1C(=O)NCc1ccc(F)c(F)c1)S(=O)(=O)c1ccccc1. The highest BCUT2D eigenvalue weighted by molar-refractivity contribution is 8.00. The highest BCUT2D eigenvalue weighted by atomic mass is 32.2. The Labute approximate surface area is 183 Å². The molecule has 3 aromatic rings. The molecule has 0 aliphatic carbocycles. The number of nitrogens with one attached hydrogen (secondary N) is 1. The van der Waals surface area contributed by atoms with Crippen LogP contribution in [0.3, 0.4) is 0 Å². The number of hydrogen-bond acceptors (Lipinski definition) is 5. The van der Waals surface area contributed by atoms with Gasteiger partial charge in [0.2, 0.25) is 0 Å². The molecule has 0 aliphatic heterocycles. The Hall–Kier alpha value is -2.78. The Morgan fingerprint density at radius 2 is 1.81 bits per heavy atom. The van der Waals surface area contributed by atoms with E-state index in [4.69, 9.17) is 0 Å². The average Bonchev–Trinajstić information content (AvgIpc) is 2.78. The Morgan fingerprint density at radius 3 is 2.52 bits per heavy atom. The smallest absolute Gasteiger partial charge is 0.254 e. The van der Waals surface area contributed by atoms with Crippen LogP contribution in [0.2, 0.25) is 0 Å². The van der Waals surface area contributed by atoms with E-state index >= 15 is 0 Å². The van der Waals surface area contributed by atoms with Gasteiger partial charge in [0.05, 0.1) is 15.7 Å². The van der Waals surface area contributed by atoms with Gasteiger partial charge < -0.3 is 5.32 Å². The second kappa shape index (κ2) is 10.0. The number of aromatic nitrogens is 1. The Balaban J connectivity index is 1.67. The van der Waals surface area contributed by atoms with Crippen molar-refractivity contribution in [2.75, 3.05) is 5.75 Å². The molecule has 162 valence electrons. The van der Waals surface area contributed by atoms with Crippen molar-refractivity contribution < 1.29 is 22.0 Å². The van der Waals surface area contributed by atoms with Crippen molar-refractivity contribution in [2.45, 2.75) is 28.6 Å². The third-order valence-electron chi connectivity index (χ3n) is 4.51. The highest BCUT2D eigenvalue weighted by Gasteiger charge is 2.24. The van der Waals surface area contributed by atoms with Crippen molar-refractivity contribution in [2.24, 2.45) is 0 Å². The zero-order chi connectivity index (χ0) is 22.4. The van der Waals surface area contributed by atoms with E-state index in [1.807, 2.05) is 0 Å². The number of nitrogens with zero attached hydrogens (tertiary/aromatic N) is 1. The number of hydrogen-bond donors (Lipinski definition) is 1. The predicted molar refractivity (Wildman–Crippen MR) is 116 cm³/mol. The van der Waals surface area contributed by atoms with Gasteiger partial charge in [0, 0.05) is 18.5 Å².